The number of carbonyl (C=O) groups excluding carboxylic acids is 3. The van der Waals surface area contributed by atoms with Crippen LogP contribution in [-0.2, 0) is 17.8 Å². The average Bonchev–Trinajstić information content (AvgIpc) is 2.83. The maximum absolute atomic E-state index is 12.4. The van der Waals surface area contributed by atoms with Gasteiger partial charge in [-0.15, -0.1) is 0 Å². The molecule has 3 N–H and O–H groups in total. The lowest BCUT2D eigenvalue weighted by atomic mass is 10.0. The average molecular weight is 464 g/mol. The zero-order valence-corrected chi connectivity index (χ0v) is 18.7. The van der Waals surface area contributed by atoms with Gasteiger partial charge in [0, 0.05) is 28.3 Å². The van der Waals surface area contributed by atoms with Gasteiger partial charge in [0.1, 0.15) is 12.4 Å². The molecule has 8 heteroatoms. The Bertz CT molecular complexity index is 1220. The van der Waals surface area contributed by atoms with Crippen molar-refractivity contribution in [2.75, 3.05) is 5.32 Å². The molecule has 0 saturated heterocycles. The molecule has 1 aliphatic rings. The Kier molecular flexibility index (Phi) is 6.60. The maximum atomic E-state index is 12.4. The number of amides is 3. The molecule has 0 fully saturated rings. The van der Waals surface area contributed by atoms with E-state index in [1.165, 1.54) is 0 Å². The van der Waals surface area contributed by atoms with E-state index in [0.29, 0.717) is 47.0 Å². The lowest BCUT2D eigenvalue weighted by molar-refractivity contribution is -0.116. The lowest BCUT2D eigenvalue weighted by Crippen LogP contribution is -2.41. The molecule has 3 amide bonds. The van der Waals surface area contributed by atoms with Crippen LogP contribution in [0.1, 0.15) is 43.8 Å². The molecule has 3 aromatic carbocycles. The number of aryl methyl sites for hydroxylation is 2. The highest BCUT2D eigenvalue weighted by Crippen LogP contribution is 2.24. The molecule has 0 radical (unpaired) electrons. The summed E-state index contributed by atoms with van der Waals surface area (Å²) in [6, 6.07) is 17.4. The van der Waals surface area contributed by atoms with Crippen molar-refractivity contribution in [3.63, 3.8) is 0 Å². The number of rotatable bonds is 5. The van der Waals surface area contributed by atoms with Gasteiger partial charge in [0.2, 0.25) is 5.91 Å². The summed E-state index contributed by atoms with van der Waals surface area (Å²) in [5.74, 6) is -0.198. The molecule has 168 valence electrons. The monoisotopic (exact) mass is 463 g/mol. The quantitative estimate of drug-likeness (QED) is 0.494. The molecule has 0 aliphatic carbocycles. The molecule has 33 heavy (non-hydrogen) atoms. The van der Waals surface area contributed by atoms with Crippen molar-refractivity contribution in [1.29, 1.82) is 0 Å². The number of ether oxygens (including phenoxy) is 1. The number of fused-ring (bicyclic) bond motifs is 1. The Morgan fingerprint density at radius 3 is 2.36 bits per heavy atom. The van der Waals surface area contributed by atoms with Gasteiger partial charge in [0.25, 0.3) is 11.8 Å². The SMILES string of the molecule is Cc1cc(OCc2ccc(C(=O)NNC(=O)c3ccc4c(c3)CCC(=O)N4)cc2)ccc1Cl. The Morgan fingerprint density at radius 2 is 1.64 bits per heavy atom. The highest BCUT2D eigenvalue weighted by Gasteiger charge is 2.17. The molecule has 0 spiro atoms. The Morgan fingerprint density at radius 1 is 0.939 bits per heavy atom. The summed E-state index contributed by atoms with van der Waals surface area (Å²) >= 11 is 6.02. The molecule has 1 aliphatic heterocycles. The van der Waals surface area contributed by atoms with Gasteiger partial charge in [-0.3, -0.25) is 25.2 Å². The minimum Gasteiger partial charge on any atom is -0.489 e. The zero-order chi connectivity index (χ0) is 23.4. The molecule has 0 atom stereocenters. The molecule has 0 unspecified atom stereocenters. The van der Waals surface area contributed by atoms with Crippen LogP contribution in [0.2, 0.25) is 5.02 Å². The second kappa shape index (κ2) is 9.75. The van der Waals surface area contributed by atoms with Crippen LogP contribution in [0, 0.1) is 6.92 Å². The molecule has 7 nitrogen and oxygen atoms in total. The number of hydrogen-bond donors (Lipinski definition) is 3. The van der Waals surface area contributed by atoms with Crippen molar-refractivity contribution in [2.24, 2.45) is 0 Å². The van der Waals surface area contributed by atoms with Gasteiger partial charge in [-0.2, -0.15) is 0 Å². The Labute approximate surface area is 196 Å². The number of hydrogen-bond acceptors (Lipinski definition) is 4. The predicted octanol–water partition coefficient (Wildman–Crippen LogP) is 4.19. The third kappa shape index (κ3) is 5.51. The third-order valence-corrected chi connectivity index (χ3v) is 5.73. The smallest absolute Gasteiger partial charge is 0.269 e. The van der Waals surface area contributed by atoms with Crippen LogP contribution in [0.3, 0.4) is 0 Å². The summed E-state index contributed by atoms with van der Waals surface area (Å²) in [7, 11) is 0. The molecule has 1 heterocycles. The van der Waals surface area contributed by atoms with Crippen LogP contribution in [0.15, 0.2) is 60.7 Å². The fourth-order valence-corrected chi connectivity index (χ4v) is 3.53. The number of anilines is 1. The molecule has 0 saturated carbocycles. The minimum absolute atomic E-state index is 0.0374. The van der Waals surface area contributed by atoms with E-state index < -0.39 is 11.8 Å². The van der Waals surface area contributed by atoms with Gasteiger partial charge < -0.3 is 10.1 Å². The molecule has 4 rings (SSSR count). The van der Waals surface area contributed by atoms with E-state index in [0.717, 1.165) is 16.7 Å². The van der Waals surface area contributed by atoms with Crippen LogP contribution in [-0.4, -0.2) is 17.7 Å². The topological polar surface area (TPSA) is 96.5 Å². The molecular weight excluding hydrogens is 442 g/mol. The van der Waals surface area contributed by atoms with E-state index in [4.69, 9.17) is 16.3 Å². The van der Waals surface area contributed by atoms with Gasteiger partial charge in [0.05, 0.1) is 0 Å². The first-order valence-electron chi connectivity index (χ1n) is 10.4. The zero-order valence-electron chi connectivity index (χ0n) is 17.9. The van der Waals surface area contributed by atoms with E-state index in [1.54, 1.807) is 54.6 Å². The van der Waals surface area contributed by atoms with Crippen molar-refractivity contribution in [3.8, 4) is 5.75 Å². The van der Waals surface area contributed by atoms with Gasteiger partial charge >= 0.3 is 0 Å². The minimum atomic E-state index is -0.439. The molecular formula is C25H22ClN3O4. The maximum Gasteiger partial charge on any atom is 0.269 e. The number of carbonyl (C=O) groups is 3. The fraction of sp³-hybridized carbons (Fsp3) is 0.160. The molecule has 3 aromatic rings. The van der Waals surface area contributed by atoms with Gasteiger partial charge in [-0.05, 0) is 78.6 Å². The van der Waals surface area contributed by atoms with E-state index in [-0.39, 0.29) is 5.91 Å². The standard InChI is InChI=1S/C25H22ClN3O4/c1-15-12-20(8-9-21(15)26)33-14-16-2-4-17(5-3-16)24(31)28-29-25(32)19-6-10-22-18(13-19)7-11-23(30)27-22/h2-6,8-10,12-13H,7,11,14H2,1H3,(H,27,30)(H,28,31)(H,29,32). The van der Waals surface area contributed by atoms with E-state index >= 15 is 0 Å². The Balaban J connectivity index is 1.30. The van der Waals surface area contributed by atoms with Gasteiger partial charge in [-0.25, -0.2) is 0 Å². The second-order valence-electron chi connectivity index (χ2n) is 7.72. The van der Waals surface area contributed by atoms with Crippen LogP contribution in [0.4, 0.5) is 5.69 Å². The predicted molar refractivity (Wildman–Crippen MR) is 125 cm³/mol. The normalized spacial score (nSPS) is 12.4. The first-order chi connectivity index (χ1) is 15.9. The summed E-state index contributed by atoms with van der Waals surface area (Å²) in [5.41, 5.74) is 9.07. The van der Waals surface area contributed by atoms with Crippen molar-refractivity contribution < 1.29 is 19.1 Å². The number of benzene rings is 3. The summed E-state index contributed by atoms with van der Waals surface area (Å²) in [6.45, 7) is 2.25. The van der Waals surface area contributed by atoms with Crippen LogP contribution < -0.4 is 20.9 Å². The number of halogens is 1. The highest BCUT2D eigenvalue weighted by molar-refractivity contribution is 6.31. The van der Waals surface area contributed by atoms with Crippen molar-refractivity contribution in [3.05, 3.63) is 93.5 Å². The van der Waals surface area contributed by atoms with Crippen LogP contribution in [0.25, 0.3) is 0 Å². The highest BCUT2D eigenvalue weighted by atomic mass is 35.5. The summed E-state index contributed by atoms with van der Waals surface area (Å²) < 4.78 is 5.76. The van der Waals surface area contributed by atoms with Crippen molar-refractivity contribution in [1.82, 2.24) is 10.9 Å². The summed E-state index contributed by atoms with van der Waals surface area (Å²) in [6.07, 6.45) is 0.956. The number of hydrazine groups is 1. The first-order valence-corrected chi connectivity index (χ1v) is 10.8. The largest absolute Gasteiger partial charge is 0.489 e. The summed E-state index contributed by atoms with van der Waals surface area (Å²) in [4.78, 5) is 36.3. The summed E-state index contributed by atoms with van der Waals surface area (Å²) in [5, 5.41) is 3.46. The Hall–Kier alpha value is -3.84. The third-order valence-electron chi connectivity index (χ3n) is 5.30. The van der Waals surface area contributed by atoms with Crippen LogP contribution in [0.5, 0.6) is 5.75 Å². The molecule has 0 aromatic heterocycles. The van der Waals surface area contributed by atoms with E-state index in [9.17, 15) is 14.4 Å². The van der Waals surface area contributed by atoms with Gasteiger partial charge in [0.15, 0.2) is 0 Å². The number of nitrogens with one attached hydrogen (secondary N) is 3. The van der Waals surface area contributed by atoms with Crippen molar-refractivity contribution in [2.45, 2.75) is 26.4 Å². The van der Waals surface area contributed by atoms with Crippen LogP contribution >= 0.6 is 11.6 Å². The van der Waals surface area contributed by atoms with Crippen molar-refractivity contribution >= 4 is 35.0 Å². The first kappa shape index (κ1) is 22.4. The lowest BCUT2D eigenvalue weighted by Gasteiger charge is -2.17. The van der Waals surface area contributed by atoms with E-state index in [1.807, 2.05) is 13.0 Å². The van der Waals surface area contributed by atoms with Gasteiger partial charge in [-0.1, -0.05) is 23.7 Å². The second-order valence-corrected chi connectivity index (χ2v) is 8.13. The van der Waals surface area contributed by atoms with E-state index in [2.05, 4.69) is 16.2 Å². The molecule has 0 bridgehead atoms. The fourth-order valence-electron chi connectivity index (χ4n) is 3.41.